The minimum absolute atomic E-state index is 0.142. The van der Waals surface area contributed by atoms with Crippen LogP contribution in [-0.4, -0.2) is 48.4 Å². The van der Waals surface area contributed by atoms with Crippen molar-refractivity contribution < 1.29 is 4.79 Å². The summed E-state index contributed by atoms with van der Waals surface area (Å²) >= 11 is 0. The van der Waals surface area contributed by atoms with Gasteiger partial charge in [-0.25, -0.2) is 0 Å². The van der Waals surface area contributed by atoms with Crippen LogP contribution in [0.2, 0.25) is 0 Å². The standard InChI is InChI=1S/C20H36N2O/c1-14(2)12-17-18(20(17,5)6)19(23)22-10-8-16(9-11-22)13-21(7)15(3)4/h12,15-18H,8-11,13H2,1-7H3. The average molecular weight is 321 g/mol. The van der Waals surface area contributed by atoms with Crippen molar-refractivity contribution >= 4 is 5.91 Å². The quantitative estimate of drug-likeness (QED) is 0.719. The van der Waals surface area contributed by atoms with Crippen LogP contribution in [0.5, 0.6) is 0 Å². The molecule has 0 spiro atoms. The summed E-state index contributed by atoms with van der Waals surface area (Å²) in [6.45, 7) is 16.3. The molecular weight excluding hydrogens is 284 g/mol. The summed E-state index contributed by atoms with van der Waals surface area (Å²) in [5.41, 5.74) is 1.47. The number of carbonyl (C=O) groups excluding carboxylic acids is 1. The Kier molecular flexibility index (Phi) is 5.60. The third-order valence-electron chi connectivity index (χ3n) is 6.04. The Bertz CT molecular complexity index is 454. The second-order valence-electron chi connectivity index (χ2n) is 8.87. The van der Waals surface area contributed by atoms with Crippen LogP contribution < -0.4 is 0 Å². The SMILES string of the molecule is CC(C)=CC1C(C(=O)N2CCC(CN(C)C(C)C)CC2)C1(C)C. The lowest BCUT2D eigenvalue weighted by atomic mass is 9.95. The van der Waals surface area contributed by atoms with Crippen molar-refractivity contribution in [3.8, 4) is 0 Å². The lowest BCUT2D eigenvalue weighted by molar-refractivity contribution is -0.135. The van der Waals surface area contributed by atoms with Gasteiger partial charge in [-0.1, -0.05) is 25.5 Å². The number of amides is 1. The van der Waals surface area contributed by atoms with Crippen molar-refractivity contribution in [1.29, 1.82) is 0 Å². The molecule has 0 radical (unpaired) electrons. The van der Waals surface area contributed by atoms with Crippen LogP contribution in [0.1, 0.15) is 54.4 Å². The van der Waals surface area contributed by atoms with E-state index in [-0.39, 0.29) is 11.3 Å². The molecule has 2 aliphatic rings. The molecule has 0 aromatic carbocycles. The zero-order valence-corrected chi connectivity index (χ0v) is 16.2. The predicted octanol–water partition coefficient (Wildman–Crippen LogP) is 3.80. The van der Waals surface area contributed by atoms with Crippen molar-refractivity contribution in [1.82, 2.24) is 9.80 Å². The van der Waals surface area contributed by atoms with E-state index in [1.54, 1.807) is 0 Å². The van der Waals surface area contributed by atoms with Crippen LogP contribution in [0.3, 0.4) is 0 Å². The Labute approximate surface area is 143 Å². The van der Waals surface area contributed by atoms with E-state index in [0.29, 0.717) is 17.9 Å². The van der Waals surface area contributed by atoms with Crippen LogP contribution in [0.15, 0.2) is 11.6 Å². The Morgan fingerprint density at radius 2 is 1.83 bits per heavy atom. The van der Waals surface area contributed by atoms with Gasteiger partial charge in [0, 0.05) is 25.7 Å². The fraction of sp³-hybridized carbons (Fsp3) is 0.850. The third kappa shape index (κ3) is 4.17. The van der Waals surface area contributed by atoms with E-state index in [1.807, 2.05) is 0 Å². The van der Waals surface area contributed by atoms with E-state index >= 15 is 0 Å². The van der Waals surface area contributed by atoms with Crippen LogP contribution in [0, 0.1) is 23.2 Å². The first kappa shape index (κ1) is 18.5. The predicted molar refractivity (Wildman–Crippen MR) is 97.3 cm³/mol. The Hall–Kier alpha value is -0.830. The summed E-state index contributed by atoms with van der Waals surface area (Å²) in [6.07, 6.45) is 4.61. The van der Waals surface area contributed by atoms with Gasteiger partial charge in [-0.2, -0.15) is 0 Å². The molecule has 0 aromatic heterocycles. The number of hydrogen-bond donors (Lipinski definition) is 0. The smallest absolute Gasteiger partial charge is 0.226 e. The molecule has 3 heteroatoms. The van der Waals surface area contributed by atoms with E-state index < -0.39 is 0 Å². The fourth-order valence-corrected chi connectivity index (χ4v) is 3.97. The maximum Gasteiger partial charge on any atom is 0.226 e. The van der Waals surface area contributed by atoms with E-state index in [4.69, 9.17) is 0 Å². The summed E-state index contributed by atoms with van der Waals surface area (Å²) in [4.78, 5) is 17.5. The molecule has 132 valence electrons. The summed E-state index contributed by atoms with van der Waals surface area (Å²) in [5, 5.41) is 0. The van der Waals surface area contributed by atoms with Gasteiger partial charge in [0.15, 0.2) is 0 Å². The normalized spacial score (nSPS) is 27.4. The van der Waals surface area contributed by atoms with Gasteiger partial charge in [-0.05, 0) is 64.8 Å². The van der Waals surface area contributed by atoms with Gasteiger partial charge >= 0.3 is 0 Å². The first-order valence-electron chi connectivity index (χ1n) is 9.28. The first-order chi connectivity index (χ1) is 10.6. The number of rotatable bonds is 5. The lowest BCUT2D eigenvalue weighted by Crippen LogP contribution is -2.43. The van der Waals surface area contributed by atoms with Crippen molar-refractivity contribution in [3.63, 3.8) is 0 Å². The highest BCUT2D eigenvalue weighted by Gasteiger charge is 2.61. The number of piperidine rings is 1. The van der Waals surface area contributed by atoms with Crippen LogP contribution in [0.4, 0.5) is 0 Å². The molecule has 1 amide bonds. The monoisotopic (exact) mass is 320 g/mol. The van der Waals surface area contributed by atoms with Gasteiger partial charge < -0.3 is 9.80 Å². The highest BCUT2D eigenvalue weighted by molar-refractivity contribution is 5.84. The van der Waals surface area contributed by atoms with Crippen LogP contribution in [-0.2, 0) is 4.79 Å². The molecule has 1 heterocycles. The summed E-state index contributed by atoms with van der Waals surface area (Å²) in [6, 6.07) is 0.603. The molecule has 2 fully saturated rings. The van der Waals surface area contributed by atoms with Gasteiger partial charge in [0.05, 0.1) is 5.92 Å². The molecular formula is C20H36N2O. The van der Waals surface area contributed by atoms with Gasteiger partial charge in [0.25, 0.3) is 0 Å². The zero-order chi connectivity index (χ0) is 17.4. The molecule has 1 saturated carbocycles. The topological polar surface area (TPSA) is 23.6 Å². The molecule has 2 atom stereocenters. The summed E-state index contributed by atoms with van der Waals surface area (Å²) < 4.78 is 0. The second-order valence-corrected chi connectivity index (χ2v) is 8.87. The van der Waals surface area contributed by atoms with E-state index in [9.17, 15) is 4.79 Å². The van der Waals surface area contributed by atoms with Crippen molar-refractivity contribution in [2.75, 3.05) is 26.7 Å². The van der Waals surface area contributed by atoms with Gasteiger partial charge in [0.2, 0.25) is 5.91 Å². The van der Waals surface area contributed by atoms with Gasteiger partial charge in [-0.3, -0.25) is 4.79 Å². The molecule has 1 saturated heterocycles. The second kappa shape index (κ2) is 6.96. The van der Waals surface area contributed by atoms with E-state index in [0.717, 1.165) is 38.4 Å². The van der Waals surface area contributed by atoms with Gasteiger partial charge in [-0.15, -0.1) is 0 Å². The first-order valence-corrected chi connectivity index (χ1v) is 9.28. The molecule has 3 nitrogen and oxygen atoms in total. The molecule has 0 bridgehead atoms. The lowest BCUT2D eigenvalue weighted by Gasteiger charge is -2.35. The largest absolute Gasteiger partial charge is 0.342 e. The van der Waals surface area contributed by atoms with Crippen molar-refractivity contribution in [2.45, 2.75) is 60.4 Å². The number of hydrogen-bond acceptors (Lipinski definition) is 2. The van der Waals surface area contributed by atoms with E-state index in [1.165, 1.54) is 5.57 Å². The zero-order valence-electron chi connectivity index (χ0n) is 16.2. The maximum atomic E-state index is 12.9. The minimum Gasteiger partial charge on any atom is -0.342 e. The number of carbonyl (C=O) groups is 1. The highest BCUT2D eigenvalue weighted by Crippen LogP contribution is 2.60. The summed E-state index contributed by atoms with van der Waals surface area (Å²) in [5.74, 6) is 1.78. The average Bonchev–Trinajstić information content (AvgIpc) is 2.98. The van der Waals surface area contributed by atoms with E-state index in [2.05, 4.69) is 64.5 Å². The highest BCUT2D eigenvalue weighted by atomic mass is 16.2. The van der Waals surface area contributed by atoms with Crippen molar-refractivity contribution in [3.05, 3.63) is 11.6 Å². The molecule has 23 heavy (non-hydrogen) atoms. The Morgan fingerprint density at radius 3 is 2.30 bits per heavy atom. The Morgan fingerprint density at radius 1 is 1.26 bits per heavy atom. The molecule has 2 unspecified atom stereocenters. The minimum atomic E-state index is 0.142. The third-order valence-corrected chi connectivity index (χ3v) is 6.04. The van der Waals surface area contributed by atoms with Crippen LogP contribution in [0.25, 0.3) is 0 Å². The molecule has 1 aliphatic carbocycles. The Balaban J connectivity index is 1.86. The molecule has 0 aromatic rings. The number of allylic oxidation sites excluding steroid dienone is 2. The molecule has 2 rings (SSSR count). The fourth-order valence-electron chi connectivity index (χ4n) is 3.97. The van der Waals surface area contributed by atoms with Crippen LogP contribution >= 0.6 is 0 Å². The number of nitrogens with zero attached hydrogens (tertiary/aromatic N) is 2. The van der Waals surface area contributed by atoms with Gasteiger partial charge in [0.1, 0.15) is 0 Å². The maximum absolute atomic E-state index is 12.9. The molecule has 0 N–H and O–H groups in total. The summed E-state index contributed by atoms with van der Waals surface area (Å²) in [7, 11) is 2.21. The number of likely N-dealkylation sites (tertiary alicyclic amines) is 1. The van der Waals surface area contributed by atoms with Crippen molar-refractivity contribution in [2.24, 2.45) is 23.2 Å². The molecule has 1 aliphatic heterocycles.